The van der Waals surface area contributed by atoms with E-state index in [0.717, 1.165) is 5.56 Å². The maximum atomic E-state index is 13.4. The molecule has 0 bridgehead atoms. The van der Waals surface area contributed by atoms with Crippen molar-refractivity contribution in [3.8, 4) is 0 Å². The average Bonchev–Trinajstić information content (AvgIpc) is 3.41. The van der Waals surface area contributed by atoms with Gasteiger partial charge in [0.05, 0.1) is 10.9 Å². The second-order valence-electron chi connectivity index (χ2n) is 7.84. The van der Waals surface area contributed by atoms with Crippen molar-refractivity contribution in [1.82, 2.24) is 4.31 Å². The zero-order valence-corrected chi connectivity index (χ0v) is 17.7. The van der Waals surface area contributed by atoms with Crippen LogP contribution in [-0.4, -0.2) is 31.1 Å². The number of sulfonamides is 1. The number of hydrogen-bond acceptors (Lipinski definition) is 3. The summed E-state index contributed by atoms with van der Waals surface area (Å²) in [7, 11) is -3.68. The van der Waals surface area contributed by atoms with Gasteiger partial charge < -0.3 is 0 Å². The number of rotatable bonds is 6. The number of benzene rings is 2. The van der Waals surface area contributed by atoms with Crippen molar-refractivity contribution in [3.63, 3.8) is 0 Å². The molecule has 0 radical (unpaired) electrons. The van der Waals surface area contributed by atoms with Crippen LogP contribution in [0.1, 0.15) is 15.9 Å². The van der Waals surface area contributed by atoms with Crippen LogP contribution in [0.25, 0.3) is 0 Å². The highest BCUT2D eigenvalue weighted by molar-refractivity contribution is 7.89. The van der Waals surface area contributed by atoms with Gasteiger partial charge in [-0.1, -0.05) is 78.4 Å². The maximum absolute atomic E-state index is 13.4. The van der Waals surface area contributed by atoms with Gasteiger partial charge in [0.1, 0.15) is 0 Å². The van der Waals surface area contributed by atoms with E-state index < -0.39 is 16.1 Å². The standard InChI is InChI=1S/C25H25NO3S/c1-3-19-13-16-22(24(19)25(27)20-8-5-4-6-9-20)23-10-7-17-26(23)30(28,29)21-14-11-18(2)12-15-21/h3-16,19,22-24H,1,17H2,2H3/t19-,22-,23+,24+/m1/s1. The van der Waals surface area contributed by atoms with Gasteiger partial charge in [0.25, 0.3) is 0 Å². The van der Waals surface area contributed by atoms with Crippen molar-refractivity contribution in [2.45, 2.75) is 17.9 Å². The minimum atomic E-state index is -3.68. The summed E-state index contributed by atoms with van der Waals surface area (Å²) in [6, 6.07) is 15.7. The molecule has 0 aromatic heterocycles. The highest BCUT2D eigenvalue weighted by Gasteiger charge is 2.45. The lowest BCUT2D eigenvalue weighted by Gasteiger charge is -2.32. The Kier molecular flexibility index (Phi) is 5.58. The van der Waals surface area contributed by atoms with Gasteiger partial charge in [-0.25, -0.2) is 8.42 Å². The monoisotopic (exact) mass is 419 g/mol. The zero-order chi connectivity index (χ0) is 21.3. The van der Waals surface area contributed by atoms with E-state index >= 15 is 0 Å². The Morgan fingerprint density at radius 2 is 1.73 bits per heavy atom. The van der Waals surface area contributed by atoms with Crippen molar-refractivity contribution in [3.05, 3.63) is 103 Å². The summed E-state index contributed by atoms with van der Waals surface area (Å²) < 4.78 is 28.2. The summed E-state index contributed by atoms with van der Waals surface area (Å²) in [5, 5.41) is 0. The summed E-state index contributed by atoms with van der Waals surface area (Å²) >= 11 is 0. The molecule has 2 aromatic rings. The lowest BCUT2D eigenvalue weighted by molar-refractivity contribution is 0.0857. The first kappa shape index (κ1) is 20.5. The van der Waals surface area contributed by atoms with Crippen LogP contribution in [-0.2, 0) is 10.0 Å². The molecule has 4 nitrogen and oxygen atoms in total. The molecule has 0 spiro atoms. The highest BCUT2D eigenvalue weighted by Crippen LogP contribution is 2.40. The van der Waals surface area contributed by atoms with E-state index in [1.807, 2.05) is 61.6 Å². The fourth-order valence-electron chi connectivity index (χ4n) is 4.39. The van der Waals surface area contributed by atoms with E-state index in [0.29, 0.717) is 12.1 Å². The number of carbonyl (C=O) groups excluding carboxylic acids is 1. The Morgan fingerprint density at radius 3 is 2.40 bits per heavy atom. The molecule has 0 saturated heterocycles. The van der Waals surface area contributed by atoms with Crippen molar-refractivity contribution >= 4 is 15.8 Å². The minimum Gasteiger partial charge on any atom is -0.294 e. The molecular formula is C25H25NO3S. The number of aryl methyl sites for hydroxylation is 1. The summed E-state index contributed by atoms with van der Waals surface area (Å²) in [4.78, 5) is 13.6. The first-order valence-electron chi connectivity index (χ1n) is 10.1. The fraction of sp³-hybridized carbons (Fsp3) is 0.240. The molecule has 30 heavy (non-hydrogen) atoms. The third-order valence-electron chi connectivity index (χ3n) is 5.99. The summed E-state index contributed by atoms with van der Waals surface area (Å²) in [6.45, 7) is 6.13. The van der Waals surface area contributed by atoms with Gasteiger partial charge >= 0.3 is 0 Å². The third kappa shape index (κ3) is 3.59. The van der Waals surface area contributed by atoms with E-state index in [1.165, 1.54) is 4.31 Å². The van der Waals surface area contributed by atoms with Crippen molar-refractivity contribution in [1.29, 1.82) is 0 Å². The molecule has 5 heteroatoms. The van der Waals surface area contributed by atoms with Gasteiger partial charge in [-0.05, 0) is 19.1 Å². The Hall–Kier alpha value is -2.76. The third-order valence-corrected chi connectivity index (χ3v) is 7.87. The molecule has 2 aliphatic rings. The molecule has 1 heterocycles. The van der Waals surface area contributed by atoms with Crippen molar-refractivity contribution < 1.29 is 13.2 Å². The highest BCUT2D eigenvalue weighted by atomic mass is 32.2. The number of Topliss-reactive ketones (excluding diaryl/α,β-unsaturated/α-hetero) is 1. The molecule has 0 fully saturated rings. The molecule has 0 saturated carbocycles. The first-order chi connectivity index (χ1) is 14.4. The van der Waals surface area contributed by atoms with E-state index in [1.54, 1.807) is 30.3 Å². The predicted octanol–water partition coefficient (Wildman–Crippen LogP) is 4.41. The smallest absolute Gasteiger partial charge is 0.243 e. The number of nitrogens with zero attached hydrogens (tertiary/aromatic N) is 1. The first-order valence-corrected chi connectivity index (χ1v) is 11.5. The lowest BCUT2D eigenvalue weighted by atomic mass is 9.79. The van der Waals surface area contributed by atoms with Crippen LogP contribution >= 0.6 is 0 Å². The van der Waals surface area contributed by atoms with E-state index in [4.69, 9.17) is 0 Å². The molecule has 2 aromatic carbocycles. The van der Waals surface area contributed by atoms with Crippen LogP contribution in [0.4, 0.5) is 0 Å². The minimum absolute atomic E-state index is 0.0171. The zero-order valence-electron chi connectivity index (χ0n) is 16.9. The summed E-state index contributed by atoms with van der Waals surface area (Å²) in [6.07, 6.45) is 9.52. The topological polar surface area (TPSA) is 54.5 Å². The molecule has 154 valence electrons. The van der Waals surface area contributed by atoms with Crippen LogP contribution < -0.4 is 0 Å². The molecule has 1 aliphatic carbocycles. The number of hydrogen-bond donors (Lipinski definition) is 0. The molecule has 1 aliphatic heterocycles. The van der Waals surface area contributed by atoms with E-state index in [-0.39, 0.29) is 28.4 Å². The van der Waals surface area contributed by atoms with Crippen molar-refractivity contribution in [2.24, 2.45) is 17.8 Å². The number of allylic oxidation sites excluding steroid dienone is 2. The Morgan fingerprint density at radius 1 is 1.03 bits per heavy atom. The van der Waals surface area contributed by atoms with Gasteiger partial charge in [0, 0.05) is 29.9 Å². The van der Waals surface area contributed by atoms with Gasteiger partial charge in [0.2, 0.25) is 10.0 Å². The maximum Gasteiger partial charge on any atom is 0.243 e. The van der Waals surface area contributed by atoms with E-state index in [2.05, 4.69) is 6.58 Å². The van der Waals surface area contributed by atoms with Gasteiger partial charge in [0.15, 0.2) is 5.78 Å². The van der Waals surface area contributed by atoms with Crippen LogP contribution in [0.15, 0.2) is 96.5 Å². The second kappa shape index (κ2) is 8.17. The van der Waals surface area contributed by atoms with Crippen molar-refractivity contribution in [2.75, 3.05) is 6.54 Å². The SMILES string of the molecule is C=C[C@@H]1C=C[C@H]([C@@H]2C=CCN2S(=O)(=O)c2ccc(C)cc2)[C@H]1C(=O)c1ccccc1. The van der Waals surface area contributed by atoms with Gasteiger partial charge in [-0.15, -0.1) is 6.58 Å². The number of ketones is 1. The fourth-order valence-corrected chi connectivity index (χ4v) is 5.96. The quantitative estimate of drug-likeness (QED) is 0.515. The van der Waals surface area contributed by atoms with Crippen LogP contribution in [0, 0.1) is 24.7 Å². The second-order valence-corrected chi connectivity index (χ2v) is 9.73. The molecule has 4 atom stereocenters. The van der Waals surface area contributed by atoms with Crippen LogP contribution in [0.2, 0.25) is 0 Å². The normalized spacial score (nSPS) is 26.2. The number of carbonyl (C=O) groups is 1. The molecule has 0 amide bonds. The average molecular weight is 420 g/mol. The van der Waals surface area contributed by atoms with Gasteiger partial charge in [-0.3, -0.25) is 4.79 Å². The Labute approximate surface area is 178 Å². The molecule has 0 unspecified atom stereocenters. The summed E-state index contributed by atoms with van der Waals surface area (Å²) in [5.74, 6) is -0.739. The van der Waals surface area contributed by atoms with Gasteiger partial charge in [-0.2, -0.15) is 4.31 Å². The molecule has 0 N–H and O–H groups in total. The van der Waals surface area contributed by atoms with E-state index in [9.17, 15) is 13.2 Å². The molecule has 4 rings (SSSR count). The predicted molar refractivity (Wildman–Crippen MR) is 119 cm³/mol. The summed E-state index contributed by atoms with van der Waals surface area (Å²) in [5.41, 5.74) is 1.64. The van der Waals surface area contributed by atoms with Crippen LogP contribution in [0.3, 0.4) is 0 Å². The lowest BCUT2D eigenvalue weighted by Crippen LogP contribution is -2.43. The Balaban J connectivity index is 1.68. The van der Waals surface area contributed by atoms with Crippen LogP contribution in [0.5, 0.6) is 0 Å². The molecular weight excluding hydrogens is 394 g/mol. The Bertz CT molecular complexity index is 1100. The largest absolute Gasteiger partial charge is 0.294 e.